The molecule has 0 saturated carbocycles. The maximum atomic E-state index is 4.44. The van der Waals surface area contributed by atoms with Crippen LogP contribution in [-0.4, -0.2) is 4.98 Å². The van der Waals surface area contributed by atoms with Gasteiger partial charge in [0.15, 0.2) is 0 Å². The van der Waals surface area contributed by atoms with Crippen molar-refractivity contribution in [2.24, 2.45) is 0 Å². The number of allylic oxidation sites excluding steroid dienone is 1. The Bertz CT molecular complexity index is 2780. The van der Waals surface area contributed by atoms with Gasteiger partial charge < -0.3 is 4.90 Å². The van der Waals surface area contributed by atoms with E-state index in [0.717, 1.165) is 17.1 Å². The van der Waals surface area contributed by atoms with Crippen molar-refractivity contribution in [2.45, 2.75) is 19.3 Å². The molecule has 266 valence electrons. The third-order valence-electron chi connectivity index (χ3n) is 11.4. The molecule has 2 nitrogen and oxygen atoms in total. The van der Waals surface area contributed by atoms with Gasteiger partial charge in [0.05, 0.1) is 0 Å². The summed E-state index contributed by atoms with van der Waals surface area (Å²) in [6.07, 6.45) is 6.27. The predicted molar refractivity (Wildman–Crippen MR) is 237 cm³/mol. The number of aromatic nitrogens is 1. The largest absolute Gasteiger partial charge is 0.311 e. The first-order valence-electron chi connectivity index (χ1n) is 19.3. The Morgan fingerprint density at radius 1 is 0.393 bits per heavy atom. The number of hydrogen-bond acceptors (Lipinski definition) is 2. The molecule has 0 N–H and O–H groups in total. The van der Waals surface area contributed by atoms with E-state index < -0.39 is 0 Å². The molecule has 1 heterocycles. The zero-order valence-electron chi connectivity index (χ0n) is 31.5. The van der Waals surface area contributed by atoms with Crippen LogP contribution in [-0.2, 0) is 5.41 Å². The molecule has 0 atom stereocenters. The molecule has 0 saturated heterocycles. The molecule has 1 aromatic heterocycles. The van der Waals surface area contributed by atoms with Gasteiger partial charge in [0.25, 0.3) is 0 Å². The lowest BCUT2D eigenvalue weighted by atomic mass is 9.88. The Morgan fingerprint density at radius 2 is 0.786 bits per heavy atom. The Morgan fingerprint density at radius 3 is 1.27 bits per heavy atom. The Balaban J connectivity index is 0.978. The van der Waals surface area contributed by atoms with Crippen molar-refractivity contribution in [3.8, 4) is 33.4 Å². The minimum absolute atomic E-state index is 0.0124. The molecule has 0 spiro atoms. The number of anilines is 3. The quantitative estimate of drug-likeness (QED) is 0.163. The Kier molecular flexibility index (Phi) is 8.19. The van der Waals surface area contributed by atoms with Gasteiger partial charge in [-0.1, -0.05) is 153 Å². The van der Waals surface area contributed by atoms with Gasteiger partial charge >= 0.3 is 0 Å². The van der Waals surface area contributed by atoms with Crippen LogP contribution >= 0.6 is 0 Å². The Hall–Kier alpha value is -7.03. The second-order valence-corrected chi connectivity index (χ2v) is 15.4. The number of benzene rings is 8. The Labute approximate surface area is 328 Å². The lowest BCUT2D eigenvalue weighted by Crippen LogP contribution is -2.10. The van der Waals surface area contributed by atoms with Gasteiger partial charge in [-0.3, -0.25) is 4.98 Å². The molecule has 8 aromatic carbocycles. The van der Waals surface area contributed by atoms with Crippen LogP contribution in [0.4, 0.5) is 17.1 Å². The van der Waals surface area contributed by atoms with Gasteiger partial charge in [-0.15, -0.1) is 0 Å². The van der Waals surface area contributed by atoms with Crippen molar-refractivity contribution in [1.29, 1.82) is 0 Å². The van der Waals surface area contributed by atoms with E-state index >= 15 is 0 Å². The van der Waals surface area contributed by atoms with Crippen LogP contribution in [0.2, 0.25) is 0 Å². The average Bonchev–Trinajstić information content (AvgIpc) is 3.54. The topological polar surface area (TPSA) is 16.1 Å². The van der Waals surface area contributed by atoms with Gasteiger partial charge in [0.1, 0.15) is 0 Å². The molecule has 2 heteroatoms. The first-order valence-corrected chi connectivity index (χ1v) is 19.3. The lowest BCUT2D eigenvalue weighted by molar-refractivity contribution is 0.682. The zero-order valence-corrected chi connectivity index (χ0v) is 31.5. The molecule has 56 heavy (non-hydrogen) atoms. The van der Waals surface area contributed by atoms with Crippen molar-refractivity contribution in [3.63, 3.8) is 0 Å². The molecular formula is C54H40N2. The summed E-state index contributed by atoms with van der Waals surface area (Å²) in [6.45, 7) is 4.55. The summed E-state index contributed by atoms with van der Waals surface area (Å²) in [5.74, 6) is 0. The van der Waals surface area contributed by atoms with E-state index in [0.29, 0.717) is 0 Å². The van der Waals surface area contributed by atoms with E-state index in [4.69, 9.17) is 0 Å². The normalized spacial score (nSPS) is 13.1. The maximum Gasteiger partial charge on any atom is 0.0462 e. The highest BCUT2D eigenvalue weighted by molar-refractivity contribution is 5.90. The third-order valence-corrected chi connectivity index (χ3v) is 11.4. The smallest absolute Gasteiger partial charge is 0.0462 e. The minimum atomic E-state index is -0.0124. The third kappa shape index (κ3) is 6.16. The molecule has 1 aliphatic rings. The van der Waals surface area contributed by atoms with Crippen molar-refractivity contribution >= 4 is 44.2 Å². The first kappa shape index (κ1) is 33.5. The van der Waals surface area contributed by atoms with E-state index in [9.17, 15) is 0 Å². The van der Waals surface area contributed by atoms with Crippen molar-refractivity contribution in [2.75, 3.05) is 4.90 Å². The summed E-state index contributed by atoms with van der Waals surface area (Å²) in [6, 6.07) is 68.4. The van der Waals surface area contributed by atoms with Crippen LogP contribution in [0.1, 0.15) is 30.5 Å². The number of rotatable bonds is 7. The SMILES string of the molecule is CC1(C)C=C(c2ccc(-c3ccc(N(c4ccc(-c5ccc6ccccc6c5)cc4)c4ccc(-c5ccc6ccccc6c5)cc4)cc3)cc2)c2cnccc21. The van der Waals surface area contributed by atoms with Crippen LogP contribution in [0.3, 0.4) is 0 Å². The summed E-state index contributed by atoms with van der Waals surface area (Å²) in [4.78, 5) is 6.79. The zero-order chi connectivity index (χ0) is 37.6. The fourth-order valence-electron chi connectivity index (χ4n) is 8.36. The lowest BCUT2D eigenvalue weighted by Gasteiger charge is -2.26. The summed E-state index contributed by atoms with van der Waals surface area (Å²) >= 11 is 0. The molecule has 0 unspecified atom stereocenters. The van der Waals surface area contributed by atoms with E-state index in [2.05, 4.69) is 218 Å². The summed E-state index contributed by atoms with van der Waals surface area (Å²) < 4.78 is 0. The van der Waals surface area contributed by atoms with E-state index in [1.54, 1.807) is 0 Å². The summed E-state index contributed by atoms with van der Waals surface area (Å²) in [5.41, 5.74) is 15.5. The highest BCUT2D eigenvalue weighted by atomic mass is 15.1. The fraction of sp³-hybridized carbons (Fsp3) is 0.0556. The van der Waals surface area contributed by atoms with Crippen molar-refractivity contribution in [3.05, 3.63) is 223 Å². The molecule has 0 bridgehead atoms. The van der Waals surface area contributed by atoms with Gasteiger partial charge in [0, 0.05) is 40.4 Å². The number of hydrogen-bond donors (Lipinski definition) is 0. The standard InChI is InChI=1S/C54H40N2/c1-54(2)35-51(52-36-55-32-31-53(52)54)43-15-11-39(12-16-43)40-19-25-48(26-20-40)56(49-27-21-41(22-28-49)46-17-13-37-7-3-5-9-44(37)33-46)50-29-23-42(24-30-50)47-18-14-38-8-4-6-10-45(38)34-47/h3-36H,1-2H3. The second-order valence-electron chi connectivity index (χ2n) is 15.4. The molecule has 10 rings (SSSR count). The van der Waals surface area contributed by atoms with Gasteiger partial charge in [0.2, 0.25) is 0 Å². The number of pyridine rings is 1. The van der Waals surface area contributed by atoms with E-state index in [1.807, 2.05) is 12.4 Å². The van der Waals surface area contributed by atoms with Crippen LogP contribution in [0, 0.1) is 0 Å². The summed E-state index contributed by atoms with van der Waals surface area (Å²) in [7, 11) is 0. The minimum Gasteiger partial charge on any atom is -0.311 e. The fourth-order valence-corrected chi connectivity index (χ4v) is 8.36. The van der Waals surface area contributed by atoms with Gasteiger partial charge in [-0.05, 0) is 126 Å². The average molecular weight is 717 g/mol. The van der Waals surface area contributed by atoms with Crippen molar-refractivity contribution in [1.82, 2.24) is 4.98 Å². The number of nitrogens with zero attached hydrogens (tertiary/aromatic N) is 2. The monoisotopic (exact) mass is 716 g/mol. The van der Waals surface area contributed by atoms with Gasteiger partial charge in [-0.25, -0.2) is 0 Å². The van der Waals surface area contributed by atoms with E-state index in [-0.39, 0.29) is 5.41 Å². The molecular weight excluding hydrogens is 677 g/mol. The highest BCUT2D eigenvalue weighted by Gasteiger charge is 2.30. The molecule has 0 radical (unpaired) electrons. The van der Waals surface area contributed by atoms with Gasteiger partial charge in [-0.2, -0.15) is 0 Å². The van der Waals surface area contributed by atoms with Crippen molar-refractivity contribution < 1.29 is 0 Å². The molecule has 0 amide bonds. The van der Waals surface area contributed by atoms with Crippen LogP contribution in [0.25, 0.3) is 60.5 Å². The second kappa shape index (κ2) is 13.7. The van der Waals surface area contributed by atoms with Crippen LogP contribution in [0.15, 0.2) is 207 Å². The van der Waals surface area contributed by atoms with E-state index in [1.165, 1.54) is 77.2 Å². The first-order chi connectivity index (χ1) is 27.5. The maximum absolute atomic E-state index is 4.44. The predicted octanol–water partition coefficient (Wildman–Crippen LogP) is 14.6. The molecule has 9 aromatic rings. The molecule has 1 aliphatic carbocycles. The summed E-state index contributed by atoms with van der Waals surface area (Å²) in [5, 5.41) is 5.01. The van der Waals surface area contributed by atoms with Crippen LogP contribution < -0.4 is 4.90 Å². The highest BCUT2D eigenvalue weighted by Crippen LogP contribution is 2.43. The molecule has 0 aliphatic heterocycles. The molecule has 0 fully saturated rings. The van der Waals surface area contributed by atoms with Crippen LogP contribution in [0.5, 0.6) is 0 Å². The number of fused-ring (bicyclic) bond motifs is 3.